The van der Waals surface area contributed by atoms with Crippen LogP contribution in [0.5, 0.6) is 0 Å². The van der Waals surface area contributed by atoms with E-state index in [2.05, 4.69) is 5.32 Å². The summed E-state index contributed by atoms with van der Waals surface area (Å²) < 4.78 is 42.3. The van der Waals surface area contributed by atoms with E-state index in [1.54, 1.807) is 0 Å². The van der Waals surface area contributed by atoms with Gasteiger partial charge in [0.1, 0.15) is 11.9 Å². The largest absolute Gasteiger partial charge is 0.383 e. The zero-order valence-corrected chi connectivity index (χ0v) is 12.8. The van der Waals surface area contributed by atoms with Crippen LogP contribution in [0.15, 0.2) is 23.1 Å². The van der Waals surface area contributed by atoms with Gasteiger partial charge < -0.3 is 15.8 Å². The third-order valence-electron chi connectivity index (χ3n) is 2.25. The maximum Gasteiger partial charge on any atom is 0.247 e. The molecule has 1 amide bonds. The fraction of sp³-hybridized carbons (Fsp3) is 0.417. The molecule has 0 heterocycles. The number of nitrogens with two attached hydrogens (primary N) is 1. The highest BCUT2D eigenvalue weighted by molar-refractivity contribution is 7.99. The van der Waals surface area contributed by atoms with E-state index >= 15 is 0 Å². The number of hydrogen-bond donors (Lipinski definition) is 2. The second-order valence-electron chi connectivity index (χ2n) is 3.89. The van der Waals surface area contributed by atoms with Gasteiger partial charge in [0.15, 0.2) is 0 Å². The molecule has 0 saturated heterocycles. The second-order valence-corrected chi connectivity index (χ2v) is 4.96. The van der Waals surface area contributed by atoms with Crippen LogP contribution in [0.3, 0.4) is 0 Å². The number of anilines is 1. The number of halogens is 4. The molecule has 120 valence electrons. The molecule has 0 saturated carbocycles. The molecule has 9 heteroatoms. The lowest BCUT2D eigenvalue weighted by molar-refractivity contribution is -0.118. The second kappa shape index (κ2) is 9.88. The zero-order valence-electron chi connectivity index (χ0n) is 11.1. The Morgan fingerprint density at radius 1 is 1.48 bits per heavy atom. The van der Waals surface area contributed by atoms with Gasteiger partial charge in [0, 0.05) is 12.0 Å². The minimum Gasteiger partial charge on any atom is -0.383 e. The molecule has 1 atom stereocenters. The van der Waals surface area contributed by atoms with Crippen LogP contribution in [0.1, 0.15) is 0 Å². The number of thioether (sulfide) groups is 1. The normalized spacial score (nSPS) is 11.9. The molecular formula is C12H16ClF3N2O2S. The van der Waals surface area contributed by atoms with Gasteiger partial charge in [-0.25, -0.2) is 13.2 Å². The first-order valence-electron chi connectivity index (χ1n) is 5.70. The smallest absolute Gasteiger partial charge is 0.247 e. The monoisotopic (exact) mass is 344 g/mol. The Labute approximate surface area is 131 Å². The number of hydrogen-bond acceptors (Lipinski definition) is 4. The Morgan fingerprint density at radius 3 is 2.71 bits per heavy atom. The van der Waals surface area contributed by atoms with Crippen molar-refractivity contribution in [2.75, 3.05) is 24.8 Å². The van der Waals surface area contributed by atoms with Crippen LogP contribution < -0.4 is 11.1 Å². The number of nitrogens with one attached hydrogen (secondary N) is 1. The Hall–Kier alpha value is -0.960. The third kappa shape index (κ3) is 7.03. The third-order valence-corrected chi connectivity index (χ3v) is 3.33. The van der Waals surface area contributed by atoms with Crippen molar-refractivity contribution in [2.24, 2.45) is 5.73 Å². The van der Waals surface area contributed by atoms with Crippen molar-refractivity contribution in [2.45, 2.75) is 17.4 Å². The first-order chi connectivity index (χ1) is 9.43. The van der Waals surface area contributed by atoms with Crippen molar-refractivity contribution in [3.63, 3.8) is 0 Å². The van der Waals surface area contributed by atoms with Crippen LogP contribution in [-0.2, 0) is 9.53 Å². The summed E-state index contributed by atoms with van der Waals surface area (Å²) in [5.74, 6) is -1.60. The summed E-state index contributed by atoms with van der Waals surface area (Å²) in [5, 5.41) is 2.41. The van der Waals surface area contributed by atoms with Crippen molar-refractivity contribution in [3.8, 4) is 0 Å². The summed E-state index contributed by atoms with van der Waals surface area (Å²) in [4.78, 5) is 12.1. The highest BCUT2D eigenvalue weighted by Gasteiger charge is 2.16. The van der Waals surface area contributed by atoms with Gasteiger partial charge in [-0.15, -0.1) is 24.2 Å². The molecule has 0 aliphatic rings. The Morgan fingerprint density at radius 2 is 2.14 bits per heavy atom. The van der Waals surface area contributed by atoms with Crippen LogP contribution in [-0.4, -0.2) is 37.8 Å². The lowest BCUT2D eigenvalue weighted by Crippen LogP contribution is -2.39. The van der Waals surface area contributed by atoms with Crippen LogP contribution in [0.25, 0.3) is 0 Å². The Bertz CT molecular complexity index is 466. The van der Waals surface area contributed by atoms with Crippen LogP contribution in [0, 0.1) is 5.82 Å². The van der Waals surface area contributed by atoms with Crippen LogP contribution >= 0.6 is 24.2 Å². The van der Waals surface area contributed by atoms with E-state index in [9.17, 15) is 18.0 Å². The SMILES string of the molecule is COCC(N)C(=O)Nc1cc(F)ccc1SCC(F)F.Cl. The van der Waals surface area contributed by atoms with Crippen molar-refractivity contribution in [1.29, 1.82) is 0 Å². The van der Waals surface area contributed by atoms with Crippen molar-refractivity contribution in [3.05, 3.63) is 24.0 Å². The topological polar surface area (TPSA) is 64.3 Å². The summed E-state index contributed by atoms with van der Waals surface area (Å²) in [5.41, 5.74) is 5.65. The number of ether oxygens (including phenoxy) is 1. The predicted molar refractivity (Wildman–Crippen MR) is 78.9 cm³/mol. The van der Waals surface area contributed by atoms with Crippen LogP contribution in [0.2, 0.25) is 0 Å². The lowest BCUT2D eigenvalue weighted by atomic mass is 10.2. The van der Waals surface area contributed by atoms with Crippen molar-refractivity contribution in [1.82, 2.24) is 0 Å². The minimum atomic E-state index is -2.50. The van der Waals surface area contributed by atoms with Gasteiger partial charge in [0.2, 0.25) is 12.3 Å². The Balaban J connectivity index is 0.00000400. The number of methoxy groups -OCH3 is 1. The van der Waals surface area contributed by atoms with Gasteiger partial charge in [-0.1, -0.05) is 0 Å². The summed E-state index contributed by atoms with van der Waals surface area (Å²) >= 11 is 0.827. The maximum absolute atomic E-state index is 13.2. The molecule has 0 spiro atoms. The molecule has 0 aliphatic carbocycles. The molecule has 0 aliphatic heterocycles. The van der Waals surface area contributed by atoms with Gasteiger partial charge in [-0.2, -0.15) is 0 Å². The van der Waals surface area contributed by atoms with E-state index in [1.165, 1.54) is 13.2 Å². The van der Waals surface area contributed by atoms with Gasteiger partial charge in [0.25, 0.3) is 0 Å². The first-order valence-corrected chi connectivity index (χ1v) is 6.68. The lowest BCUT2D eigenvalue weighted by Gasteiger charge is -2.14. The van der Waals surface area contributed by atoms with E-state index in [0.29, 0.717) is 4.90 Å². The minimum absolute atomic E-state index is 0. The quantitative estimate of drug-likeness (QED) is 0.746. The van der Waals surface area contributed by atoms with Gasteiger partial charge in [-0.05, 0) is 18.2 Å². The molecule has 1 unspecified atom stereocenters. The van der Waals surface area contributed by atoms with Gasteiger partial charge in [0.05, 0.1) is 18.0 Å². The fourth-order valence-corrected chi connectivity index (χ4v) is 2.09. The number of carbonyl (C=O) groups excluding carboxylic acids is 1. The van der Waals surface area contributed by atoms with Crippen molar-refractivity contribution >= 4 is 35.8 Å². The average molecular weight is 345 g/mol. The molecule has 0 radical (unpaired) electrons. The van der Waals surface area contributed by atoms with Crippen molar-refractivity contribution < 1.29 is 22.7 Å². The standard InChI is InChI=1S/C12H15F3N2O2S.ClH/c1-19-5-8(16)12(18)17-9-4-7(13)2-3-10(9)20-6-11(14)15;/h2-4,8,11H,5-6,16H2,1H3,(H,17,18);1H. The number of rotatable bonds is 7. The molecule has 0 aromatic heterocycles. The average Bonchev–Trinajstić information content (AvgIpc) is 2.37. The number of amides is 1. The zero-order chi connectivity index (χ0) is 15.1. The summed E-state index contributed by atoms with van der Waals surface area (Å²) in [6.07, 6.45) is -2.50. The molecule has 21 heavy (non-hydrogen) atoms. The van der Waals surface area contributed by atoms with Crippen LogP contribution in [0.4, 0.5) is 18.9 Å². The van der Waals surface area contributed by atoms with E-state index in [1.807, 2.05) is 0 Å². The molecule has 0 fully saturated rings. The molecular weight excluding hydrogens is 329 g/mol. The maximum atomic E-state index is 13.2. The predicted octanol–water partition coefficient (Wildman–Crippen LogP) is 2.52. The number of alkyl halides is 2. The van der Waals surface area contributed by atoms with E-state index in [4.69, 9.17) is 10.5 Å². The summed E-state index contributed by atoms with van der Waals surface area (Å²) in [6.45, 7) is 0.000654. The molecule has 4 nitrogen and oxygen atoms in total. The van der Waals surface area contributed by atoms with E-state index in [-0.39, 0.29) is 24.7 Å². The highest BCUT2D eigenvalue weighted by atomic mass is 35.5. The summed E-state index contributed by atoms with van der Waals surface area (Å²) in [6, 6.07) is 2.61. The molecule has 1 rings (SSSR count). The first kappa shape index (κ1) is 20.0. The fourth-order valence-electron chi connectivity index (χ4n) is 1.36. The number of carbonyl (C=O) groups is 1. The molecule has 0 bridgehead atoms. The van der Waals surface area contributed by atoms with E-state index in [0.717, 1.165) is 23.9 Å². The van der Waals surface area contributed by atoms with E-state index < -0.39 is 29.9 Å². The highest BCUT2D eigenvalue weighted by Crippen LogP contribution is 2.29. The summed E-state index contributed by atoms with van der Waals surface area (Å²) in [7, 11) is 1.39. The number of benzene rings is 1. The Kier molecular flexibility index (Phi) is 9.43. The van der Waals surface area contributed by atoms with Gasteiger partial charge >= 0.3 is 0 Å². The molecule has 3 N–H and O–H groups in total. The molecule has 1 aromatic rings. The molecule has 1 aromatic carbocycles. The van der Waals surface area contributed by atoms with Gasteiger partial charge in [-0.3, -0.25) is 4.79 Å².